The van der Waals surface area contributed by atoms with Crippen LogP contribution < -0.4 is 42.5 Å². The summed E-state index contributed by atoms with van der Waals surface area (Å²) in [5.41, 5.74) is 0. The maximum absolute atomic E-state index is 14.1. The lowest BCUT2D eigenvalue weighted by atomic mass is 9.94. The van der Waals surface area contributed by atoms with Crippen molar-refractivity contribution in [3.63, 3.8) is 0 Å². The number of carbonyl (C=O) groups is 12. The van der Waals surface area contributed by atoms with Gasteiger partial charge in [-0.2, -0.15) is 0 Å². The van der Waals surface area contributed by atoms with Crippen molar-refractivity contribution in [3.05, 3.63) is 48.6 Å². The minimum absolute atomic E-state index is 0.0668. The van der Waals surface area contributed by atoms with Crippen LogP contribution in [0.1, 0.15) is 79.1 Å². The number of esters is 4. The van der Waals surface area contributed by atoms with E-state index in [9.17, 15) is 57.5 Å². The second-order valence-electron chi connectivity index (χ2n) is 23.2. The molecule has 24 heteroatoms. The molecule has 80 heavy (non-hydrogen) atoms. The lowest BCUT2D eigenvalue weighted by Crippen LogP contribution is -2.62. The van der Waals surface area contributed by atoms with Gasteiger partial charge in [0.15, 0.2) is 0 Å². The normalized spacial score (nSPS) is 38.5. The molecule has 8 amide bonds. The molecule has 5 fully saturated rings. The number of carbonyl (C=O) groups excluding carboxylic acids is 12. The Morgan fingerprint density at radius 1 is 0.312 bits per heavy atom. The van der Waals surface area contributed by atoms with E-state index in [0.717, 1.165) is 25.7 Å². The van der Waals surface area contributed by atoms with Crippen molar-refractivity contribution >= 4 is 71.1 Å². The van der Waals surface area contributed by atoms with Gasteiger partial charge >= 0.3 is 23.9 Å². The molecule has 0 radical (unpaired) electrons. The molecule has 4 saturated carbocycles. The van der Waals surface area contributed by atoms with Gasteiger partial charge in [-0.15, -0.1) is 0 Å². The molecule has 0 aromatic rings. The zero-order valence-corrected chi connectivity index (χ0v) is 45.2. The Bertz CT molecular complexity index is 2300. The molecule has 8 aliphatic carbocycles. The van der Waals surface area contributed by atoms with Gasteiger partial charge in [-0.25, -0.2) is 0 Å². The van der Waals surface area contributed by atoms with E-state index in [1.165, 1.54) is 27.7 Å². The Hall–Kier alpha value is -7.40. The lowest BCUT2D eigenvalue weighted by molar-refractivity contribution is -0.152. The first-order chi connectivity index (χ1) is 38.2. The third kappa shape index (κ3) is 13.3. The number of hydrogen-bond acceptors (Lipinski definition) is 16. The van der Waals surface area contributed by atoms with E-state index in [4.69, 9.17) is 18.9 Å². The van der Waals surface area contributed by atoms with E-state index in [1.807, 2.05) is 48.6 Å². The van der Waals surface area contributed by atoms with Crippen LogP contribution in [0.2, 0.25) is 0 Å². The lowest BCUT2D eigenvalue weighted by Gasteiger charge is -2.27. The fraction of sp³-hybridized carbons (Fsp3) is 0.643. The third-order valence-corrected chi connectivity index (χ3v) is 17.4. The zero-order valence-electron chi connectivity index (χ0n) is 45.2. The van der Waals surface area contributed by atoms with E-state index < -0.39 is 170 Å². The molecule has 1 heterocycles. The number of amides is 8. The van der Waals surface area contributed by atoms with Crippen molar-refractivity contribution in [2.75, 3.05) is 26.4 Å². The standard InChI is InChI=1S/C56H72N8O16/c1-25-45(65)61-42(22-78-54(74)38-18-30-6-10-34(38)14-30)50(70)58-27(3)47(67)63-44(24-80-56(76)40-20-32-8-12-36(40)16-32)52(72)60-28(4)48(68)64-43(23-79-55(75)39-19-31-7-11-35(39)15-31)51(71)59-26(2)46(66)62-41(49(69)57-25)21-77-53(73)37-17-29-5-9-33(37)13-29/h5-12,25-44H,13-24H2,1-4H3,(H,57,69)(H,58,70)(H,59,71)(H,60,72)(H,61,65)(H,62,66)(H,63,67)(H,64,68)/t25-,26-,27-,28-,29?,30?,31?,32?,33?,34?,35?,36?,37?,38?,39?,40?,41-,42-,43-,44-/m0/s1. The summed E-state index contributed by atoms with van der Waals surface area (Å²) in [7, 11) is 0. The van der Waals surface area contributed by atoms with Crippen LogP contribution in [0.4, 0.5) is 0 Å². The largest absolute Gasteiger partial charge is 0.463 e. The van der Waals surface area contributed by atoms with Crippen LogP contribution in [0.15, 0.2) is 48.6 Å². The topological polar surface area (TPSA) is 338 Å². The Morgan fingerprint density at radius 2 is 0.512 bits per heavy atom. The van der Waals surface area contributed by atoms with Crippen LogP contribution in [0.25, 0.3) is 0 Å². The summed E-state index contributed by atoms with van der Waals surface area (Å²) < 4.78 is 22.5. The second kappa shape index (κ2) is 24.5. The zero-order chi connectivity index (χ0) is 57.1. The van der Waals surface area contributed by atoms with Crippen molar-refractivity contribution in [1.29, 1.82) is 0 Å². The minimum Gasteiger partial charge on any atom is -0.463 e. The first-order valence-corrected chi connectivity index (χ1v) is 28.0. The first-order valence-electron chi connectivity index (χ1n) is 28.0. The molecular formula is C56H72N8O16. The van der Waals surface area contributed by atoms with Gasteiger partial charge in [0.05, 0.1) is 23.7 Å². The molecule has 8 bridgehead atoms. The number of allylic oxidation sites excluding steroid dienone is 8. The summed E-state index contributed by atoms with van der Waals surface area (Å²) in [6.07, 6.45) is 21.0. The highest BCUT2D eigenvalue weighted by molar-refractivity contribution is 5.99. The number of ether oxygens (including phenoxy) is 4. The van der Waals surface area contributed by atoms with Gasteiger partial charge < -0.3 is 61.5 Å². The summed E-state index contributed by atoms with van der Waals surface area (Å²) in [5.74, 6) is -11.9. The summed E-state index contributed by atoms with van der Waals surface area (Å²) in [6, 6.07) is -12.6. The molecule has 0 spiro atoms. The molecule has 24 nitrogen and oxygen atoms in total. The smallest absolute Gasteiger partial charge is 0.309 e. The molecular weight excluding hydrogens is 1040 g/mol. The highest BCUT2D eigenvalue weighted by Gasteiger charge is 2.46. The maximum atomic E-state index is 14.1. The van der Waals surface area contributed by atoms with E-state index >= 15 is 0 Å². The van der Waals surface area contributed by atoms with Crippen LogP contribution in [0.3, 0.4) is 0 Å². The molecule has 0 aromatic carbocycles. The number of rotatable bonds is 12. The summed E-state index contributed by atoms with van der Waals surface area (Å²) in [6.45, 7) is 2.20. The van der Waals surface area contributed by atoms with Crippen molar-refractivity contribution in [3.8, 4) is 0 Å². The molecule has 9 aliphatic rings. The predicted octanol–water partition coefficient (Wildman–Crippen LogP) is -1.02. The van der Waals surface area contributed by atoms with Gasteiger partial charge in [-0.3, -0.25) is 57.5 Å². The summed E-state index contributed by atoms with van der Waals surface area (Å²) >= 11 is 0. The van der Waals surface area contributed by atoms with Crippen molar-refractivity contribution in [1.82, 2.24) is 42.5 Å². The molecule has 0 aromatic heterocycles. The van der Waals surface area contributed by atoms with Gasteiger partial charge in [0.2, 0.25) is 47.3 Å². The van der Waals surface area contributed by atoms with Gasteiger partial charge in [0.25, 0.3) is 0 Å². The molecule has 9 rings (SSSR count). The summed E-state index contributed by atoms with van der Waals surface area (Å²) in [5, 5.41) is 19.7. The highest BCUT2D eigenvalue weighted by atomic mass is 16.5. The van der Waals surface area contributed by atoms with Crippen LogP contribution in [-0.2, 0) is 76.5 Å². The van der Waals surface area contributed by atoms with Crippen LogP contribution >= 0.6 is 0 Å². The molecule has 12 unspecified atom stereocenters. The minimum atomic E-state index is -1.67. The van der Waals surface area contributed by atoms with E-state index in [2.05, 4.69) is 42.5 Å². The number of hydrogen-bond donors (Lipinski definition) is 8. The monoisotopic (exact) mass is 1110 g/mol. The van der Waals surface area contributed by atoms with Crippen LogP contribution in [0.5, 0.6) is 0 Å². The Morgan fingerprint density at radius 3 is 0.675 bits per heavy atom. The van der Waals surface area contributed by atoms with Crippen molar-refractivity contribution < 1.29 is 76.5 Å². The molecule has 432 valence electrons. The average molecular weight is 1110 g/mol. The van der Waals surface area contributed by atoms with Crippen molar-refractivity contribution in [2.24, 2.45) is 71.0 Å². The number of fused-ring (bicyclic) bond motifs is 8. The SMILES string of the molecule is C[C@@H]1NC(=O)[C@H](COC(=O)C2CC3C=CC2C3)NC(=O)[C@H](C)NC(=O)[C@H](COC(=O)C2CC3C=CC2C3)NC(=O)[C@H](C)NC(=O)[C@H](COC(=O)C2CC3C=CC2C3)NC(=O)[C@H](C)NC(=O)[C@H](COC(=O)C2CC3C=CC2C3)NC1=O. The second-order valence-corrected chi connectivity index (χ2v) is 23.2. The molecule has 8 N–H and O–H groups in total. The van der Waals surface area contributed by atoms with Gasteiger partial charge in [-0.05, 0) is 126 Å². The van der Waals surface area contributed by atoms with E-state index in [-0.39, 0.29) is 47.3 Å². The van der Waals surface area contributed by atoms with Gasteiger partial charge in [0, 0.05) is 0 Å². The van der Waals surface area contributed by atoms with Gasteiger partial charge in [-0.1, -0.05) is 48.6 Å². The van der Waals surface area contributed by atoms with Gasteiger partial charge in [0.1, 0.15) is 74.8 Å². The fourth-order valence-corrected chi connectivity index (χ4v) is 12.7. The Balaban J connectivity index is 0.951. The van der Waals surface area contributed by atoms with Crippen LogP contribution in [-0.4, -0.2) is 146 Å². The number of nitrogens with one attached hydrogen (secondary N) is 8. The summed E-state index contributed by atoms with van der Waals surface area (Å²) in [4.78, 5) is 166. The third-order valence-electron chi connectivity index (χ3n) is 17.4. The molecule has 20 atom stereocenters. The van der Waals surface area contributed by atoms with E-state index in [1.54, 1.807) is 0 Å². The molecule has 1 saturated heterocycles. The van der Waals surface area contributed by atoms with Crippen molar-refractivity contribution in [2.45, 2.75) is 127 Å². The van der Waals surface area contributed by atoms with Crippen LogP contribution in [0, 0.1) is 71.0 Å². The molecule has 1 aliphatic heterocycles. The predicted molar refractivity (Wildman–Crippen MR) is 277 cm³/mol. The highest BCUT2D eigenvalue weighted by Crippen LogP contribution is 2.46. The first kappa shape index (κ1) is 57.3. The Kier molecular flexibility index (Phi) is 17.6. The maximum Gasteiger partial charge on any atom is 0.309 e. The fourth-order valence-electron chi connectivity index (χ4n) is 12.7. The average Bonchev–Trinajstić information content (AvgIpc) is 4.33. The van der Waals surface area contributed by atoms with E-state index in [0.29, 0.717) is 25.7 Å². The Labute approximate surface area is 462 Å². The quantitative estimate of drug-likeness (QED) is 0.0659.